The van der Waals surface area contributed by atoms with Crippen molar-refractivity contribution in [2.45, 2.75) is 34.6 Å². The van der Waals surface area contributed by atoms with Crippen LogP contribution in [0.25, 0.3) is 0 Å². The molecule has 0 heterocycles. The topological polar surface area (TPSA) is 24.7 Å². The fourth-order valence-corrected chi connectivity index (χ4v) is 0.964. The van der Waals surface area contributed by atoms with Crippen molar-refractivity contribution in [3.8, 4) is 0 Å². The number of allylic oxidation sites excluding steroid dienone is 2. The largest absolute Gasteiger partial charge is 0.264 e. The summed E-state index contributed by atoms with van der Waals surface area (Å²) in [7, 11) is 0. The molecule has 72 valence electrons. The lowest BCUT2D eigenvalue weighted by Gasteiger charge is -2.03. The SMILES string of the molecule is C=C(C)/C(N=C(C)C)=C(C)\N=C/C. The molecule has 0 aromatic heterocycles. The fraction of sp³-hybridized carbons (Fsp3) is 0.455. The molecule has 0 bridgehead atoms. The van der Waals surface area contributed by atoms with Gasteiger partial charge in [-0.2, -0.15) is 0 Å². The van der Waals surface area contributed by atoms with Gasteiger partial charge in [0.25, 0.3) is 0 Å². The summed E-state index contributed by atoms with van der Waals surface area (Å²) in [6.07, 6.45) is 1.76. The lowest BCUT2D eigenvalue weighted by atomic mass is 10.2. The Balaban J connectivity index is 5.12. The number of hydrogen-bond donors (Lipinski definition) is 0. The molecular formula is C11H18N2. The minimum Gasteiger partial charge on any atom is -0.264 e. The molecule has 0 N–H and O–H groups in total. The highest BCUT2D eigenvalue weighted by atomic mass is 14.8. The van der Waals surface area contributed by atoms with Crippen molar-refractivity contribution in [3.05, 3.63) is 23.5 Å². The van der Waals surface area contributed by atoms with Gasteiger partial charge < -0.3 is 0 Å². The van der Waals surface area contributed by atoms with Crippen LogP contribution in [0.15, 0.2) is 33.5 Å². The maximum atomic E-state index is 4.38. The molecule has 0 aromatic carbocycles. The van der Waals surface area contributed by atoms with Gasteiger partial charge >= 0.3 is 0 Å². The van der Waals surface area contributed by atoms with E-state index in [0.29, 0.717) is 0 Å². The maximum Gasteiger partial charge on any atom is 0.0863 e. The Morgan fingerprint density at radius 1 is 1.15 bits per heavy atom. The van der Waals surface area contributed by atoms with Gasteiger partial charge in [0, 0.05) is 11.9 Å². The molecule has 0 spiro atoms. The minimum absolute atomic E-state index is 0.887. The molecule has 0 aliphatic heterocycles. The zero-order chi connectivity index (χ0) is 10.4. The predicted octanol–water partition coefficient (Wildman–Crippen LogP) is 3.37. The third kappa shape index (κ3) is 4.41. The van der Waals surface area contributed by atoms with Gasteiger partial charge in [-0.25, -0.2) is 0 Å². The molecule has 13 heavy (non-hydrogen) atoms. The summed E-state index contributed by atoms with van der Waals surface area (Å²) in [5.74, 6) is 0. The number of aliphatic imine (C=N–C) groups is 2. The van der Waals surface area contributed by atoms with Gasteiger partial charge in [-0.3, -0.25) is 9.98 Å². The second kappa shape index (κ2) is 5.46. The van der Waals surface area contributed by atoms with E-state index in [9.17, 15) is 0 Å². The molecule has 0 aliphatic rings. The Morgan fingerprint density at radius 2 is 1.69 bits per heavy atom. The third-order valence-electron chi connectivity index (χ3n) is 1.41. The zero-order valence-corrected chi connectivity index (χ0v) is 9.18. The van der Waals surface area contributed by atoms with Crippen LogP contribution in [0.3, 0.4) is 0 Å². The Hall–Kier alpha value is -1.18. The van der Waals surface area contributed by atoms with Crippen LogP contribution < -0.4 is 0 Å². The Morgan fingerprint density at radius 3 is 2.00 bits per heavy atom. The highest BCUT2D eigenvalue weighted by Crippen LogP contribution is 2.15. The second-order valence-corrected chi connectivity index (χ2v) is 3.16. The Kier molecular flexibility index (Phi) is 4.97. The van der Waals surface area contributed by atoms with E-state index in [0.717, 1.165) is 22.7 Å². The first-order valence-corrected chi connectivity index (χ1v) is 4.36. The molecule has 0 unspecified atom stereocenters. The molecule has 0 saturated carbocycles. The fourth-order valence-electron chi connectivity index (χ4n) is 0.964. The van der Waals surface area contributed by atoms with Crippen LogP contribution in [0, 0.1) is 0 Å². The van der Waals surface area contributed by atoms with Crippen LogP contribution in [-0.2, 0) is 0 Å². The van der Waals surface area contributed by atoms with Crippen LogP contribution in [0.2, 0.25) is 0 Å². The van der Waals surface area contributed by atoms with Crippen LogP contribution >= 0.6 is 0 Å². The number of hydrogen-bond acceptors (Lipinski definition) is 2. The molecule has 0 saturated heterocycles. The van der Waals surface area contributed by atoms with Crippen LogP contribution in [0.4, 0.5) is 0 Å². The smallest absolute Gasteiger partial charge is 0.0863 e. The first kappa shape index (κ1) is 11.8. The van der Waals surface area contributed by atoms with E-state index < -0.39 is 0 Å². The first-order valence-electron chi connectivity index (χ1n) is 4.36. The van der Waals surface area contributed by atoms with Crippen molar-refractivity contribution in [1.29, 1.82) is 0 Å². The summed E-state index contributed by atoms with van der Waals surface area (Å²) in [5, 5.41) is 0. The van der Waals surface area contributed by atoms with Crippen molar-refractivity contribution in [2.75, 3.05) is 0 Å². The van der Waals surface area contributed by atoms with Gasteiger partial charge in [0.1, 0.15) is 0 Å². The predicted molar refractivity (Wildman–Crippen MR) is 60.5 cm³/mol. The summed E-state index contributed by atoms with van der Waals surface area (Å²) in [5.41, 5.74) is 3.77. The van der Waals surface area contributed by atoms with E-state index in [1.54, 1.807) is 6.21 Å². The molecule has 0 amide bonds. The van der Waals surface area contributed by atoms with Gasteiger partial charge in [0.2, 0.25) is 0 Å². The molecule has 0 radical (unpaired) electrons. The van der Waals surface area contributed by atoms with E-state index in [-0.39, 0.29) is 0 Å². The lowest BCUT2D eigenvalue weighted by molar-refractivity contribution is 1.16. The van der Waals surface area contributed by atoms with E-state index >= 15 is 0 Å². The molecular weight excluding hydrogens is 160 g/mol. The lowest BCUT2D eigenvalue weighted by Crippen LogP contribution is -1.90. The molecule has 0 aromatic rings. The highest BCUT2D eigenvalue weighted by molar-refractivity contribution is 5.80. The van der Waals surface area contributed by atoms with Crippen molar-refractivity contribution in [3.63, 3.8) is 0 Å². The van der Waals surface area contributed by atoms with Crippen molar-refractivity contribution >= 4 is 11.9 Å². The van der Waals surface area contributed by atoms with Gasteiger partial charge in [-0.05, 0) is 40.2 Å². The van der Waals surface area contributed by atoms with Crippen LogP contribution in [-0.4, -0.2) is 11.9 Å². The summed E-state index contributed by atoms with van der Waals surface area (Å²) in [6.45, 7) is 13.6. The molecule has 2 heteroatoms. The molecule has 2 nitrogen and oxygen atoms in total. The monoisotopic (exact) mass is 178 g/mol. The van der Waals surface area contributed by atoms with Gasteiger partial charge in [-0.15, -0.1) is 0 Å². The number of nitrogens with zero attached hydrogens (tertiary/aromatic N) is 2. The van der Waals surface area contributed by atoms with Crippen molar-refractivity contribution < 1.29 is 0 Å². The first-order chi connectivity index (χ1) is 5.99. The average Bonchev–Trinajstić information content (AvgIpc) is 1.99. The molecule has 0 rings (SSSR count). The normalized spacial score (nSPS) is 12.7. The second-order valence-electron chi connectivity index (χ2n) is 3.16. The molecule has 0 fully saturated rings. The van der Waals surface area contributed by atoms with E-state index in [2.05, 4.69) is 16.6 Å². The van der Waals surface area contributed by atoms with Crippen LogP contribution in [0.1, 0.15) is 34.6 Å². The molecule has 0 atom stereocenters. The van der Waals surface area contributed by atoms with Crippen LogP contribution in [0.5, 0.6) is 0 Å². The summed E-state index contributed by atoms with van der Waals surface area (Å²) in [6, 6.07) is 0. The standard InChI is InChI=1S/C11H18N2/c1-7-12-10(6)11(8(2)3)13-9(4)5/h7H,2H2,1,3-6H3/b11-10+,12-7-. The average molecular weight is 178 g/mol. The summed E-state index contributed by atoms with van der Waals surface area (Å²) >= 11 is 0. The third-order valence-corrected chi connectivity index (χ3v) is 1.41. The molecule has 0 aliphatic carbocycles. The summed E-state index contributed by atoms with van der Waals surface area (Å²) < 4.78 is 0. The van der Waals surface area contributed by atoms with Gasteiger partial charge in [0.05, 0.1) is 11.4 Å². The maximum absolute atomic E-state index is 4.38. The van der Waals surface area contributed by atoms with Crippen molar-refractivity contribution in [1.82, 2.24) is 0 Å². The number of rotatable bonds is 3. The van der Waals surface area contributed by atoms with E-state index in [1.165, 1.54) is 0 Å². The zero-order valence-electron chi connectivity index (χ0n) is 9.18. The van der Waals surface area contributed by atoms with E-state index in [4.69, 9.17) is 0 Å². The van der Waals surface area contributed by atoms with E-state index in [1.807, 2.05) is 34.6 Å². The van der Waals surface area contributed by atoms with Crippen molar-refractivity contribution in [2.24, 2.45) is 9.98 Å². The Bertz CT molecular complexity index is 276. The van der Waals surface area contributed by atoms with Gasteiger partial charge in [-0.1, -0.05) is 6.58 Å². The highest BCUT2D eigenvalue weighted by Gasteiger charge is 2.00. The van der Waals surface area contributed by atoms with Gasteiger partial charge in [0.15, 0.2) is 0 Å². The quantitative estimate of drug-likeness (QED) is 0.467. The Labute approximate surface area is 80.8 Å². The minimum atomic E-state index is 0.887. The summed E-state index contributed by atoms with van der Waals surface area (Å²) in [4.78, 5) is 8.56.